The van der Waals surface area contributed by atoms with Crippen LogP contribution in [-0.4, -0.2) is 39.9 Å². The lowest BCUT2D eigenvalue weighted by molar-refractivity contribution is -0.121. The Hall–Kier alpha value is -2.58. The smallest absolute Gasteiger partial charge is 0.264 e. The Bertz CT molecular complexity index is 1010. The molecule has 0 fully saturated rings. The number of halogens is 1. The van der Waals surface area contributed by atoms with Gasteiger partial charge in [0.2, 0.25) is 5.91 Å². The highest BCUT2D eigenvalue weighted by molar-refractivity contribution is 7.92. The number of anilines is 1. The van der Waals surface area contributed by atoms with Crippen molar-refractivity contribution in [2.45, 2.75) is 37.6 Å². The van der Waals surface area contributed by atoms with Crippen LogP contribution in [0.25, 0.3) is 0 Å². The minimum atomic E-state index is -3.88. The van der Waals surface area contributed by atoms with Gasteiger partial charge in [0.25, 0.3) is 15.9 Å². The molecule has 2 aromatic rings. The van der Waals surface area contributed by atoms with Gasteiger partial charge in [0.1, 0.15) is 0 Å². The molecule has 0 aliphatic heterocycles. The molecule has 9 heteroatoms. The van der Waals surface area contributed by atoms with Crippen LogP contribution in [-0.2, 0) is 14.8 Å². The summed E-state index contributed by atoms with van der Waals surface area (Å²) in [5, 5.41) is 5.88. The molecule has 0 spiro atoms. The van der Waals surface area contributed by atoms with E-state index in [2.05, 4.69) is 10.6 Å². The average molecular weight is 452 g/mol. The molecular weight excluding hydrogens is 426 g/mol. The maximum atomic E-state index is 13.0. The molecule has 2 N–H and O–H groups in total. The van der Waals surface area contributed by atoms with Crippen molar-refractivity contribution in [2.75, 3.05) is 17.9 Å². The Morgan fingerprint density at radius 2 is 1.83 bits per heavy atom. The zero-order valence-corrected chi connectivity index (χ0v) is 18.8. The number of amides is 2. The summed E-state index contributed by atoms with van der Waals surface area (Å²) in [5.41, 5.74) is 0.600. The lowest BCUT2D eigenvalue weighted by Crippen LogP contribution is -2.35. The quantitative estimate of drug-likeness (QED) is 0.612. The molecule has 30 heavy (non-hydrogen) atoms. The van der Waals surface area contributed by atoms with Crippen molar-refractivity contribution in [3.8, 4) is 0 Å². The second-order valence-electron chi connectivity index (χ2n) is 6.86. The Balaban J connectivity index is 2.07. The molecule has 0 aliphatic rings. The van der Waals surface area contributed by atoms with Gasteiger partial charge in [0.05, 0.1) is 10.6 Å². The van der Waals surface area contributed by atoms with Gasteiger partial charge in [-0.15, -0.1) is 0 Å². The van der Waals surface area contributed by atoms with E-state index < -0.39 is 15.9 Å². The van der Waals surface area contributed by atoms with E-state index in [9.17, 15) is 18.0 Å². The minimum absolute atomic E-state index is 0.0212. The van der Waals surface area contributed by atoms with Gasteiger partial charge in [0, 0.05) is 36.6 Å². The van der Waals surface area contributed by atoms with Crippen LogP contribution in [0.3, 0.4) is 0 Å². The Morgan fingerprint density at radius 3 is 2.50 bits per heavy atom. The highest BCUT2D eigenvalue weighted by atomic mass is 35.5. The Morgan fingerprint density at radius 1 is 1.13 bits per heavy atom. The zero-order valence-electron chi connectivity index (χ0n) is 17.2. The summed E-state index contributed by atoms with van der Waals surface area (Å²) in [6.07, 6.45) is 0.967. The van der Waals surface area contributed by atoms with Crippen molar-refractivity contribution < 1.29 is 18.0 Å². The van der Waals surface area contributed by atoms with Crippen molar-refractivity contribution in [1.29, 1.82) is 0 Å². The van der Waals surface area contributed by atoms with Crippen molar-refractivity contribution in [2.24, 2.45) is 0 Å². The highest BCUT2D eigenvalue weighted by Crippen LogP contribution is 2.25. The van der Waals surface area contributed by atoms with Crippen molar-refractivity contribution in [3.63, 3.8) is 0 Å². The topological polar surface area (TPSA) is 95.6 Å². The van der Waals surface area contributed by atoms with Gasteiger partial charge in [-0.05, 0) is 49.7 Å². The molecule has 0 aromatic heterocycles. The number of nitrogens with one attached hydrogen (secondary N) is 2. The number of benzene rings is 2. The van der Waals surface area contributed by atoms with Crippen LogP contribution in [0.5, 0.6) is 0 Å². The van der Waals surface area contributed by atoms with E-state index in [-0.39, 0.29) is 35.4 Å². The van der Waals surface area contributed by atoms with Crippen LogP contribution in [0.1, 0.15) is 37.0 Å². The molecule has 0 radical (unpaired) electrons. The highest BCUT2D eigenvalue weighted by Gasteiger charge is 2.22. The summed E-state index contributed by atoms with van der Waals surface area (Å²) >= 11 is 5.96. The lowest BCUT2D eigenvalue weighted by Gasteiger charge is -2.20. The first kappa shape index (κ1) is 23.7. The number of hydrogen-bond donors (Lipinski definition) is 2. The second-order valence-corrected chi connectivity index (χ2v) is 9.27. The normalized spacial score (nSPS) is 12.1. The lowest BCUT2D eigenvalue weighted by atomic mass is 10.2. The minimum Gasteiger partial charge on any atom is -0.354 e. The second kappa shape index (κ2) is 10.4. The first-order valence-corrected chi connectivity index (χ1v) is 11.4. The van der Waals surface area contributed by atoms with Crippen LogP contribution in [0.15, 0.2) is 53.4 Å². The van der Waals surface area contributed by atoms with E-state index in [1.807, 2.05) is 13.8 Å². The monoisotopic (exact) mass is 451 g/mol. The molecule has 2 amide bonds. The van der Waals surface area contributed by atoms with Gasteiger partial charge in [-0.2, -0.15) is 0 Å². The molecule has 1 atom stereocenters. The molecule has 0 saturated heterocycles. The SMILES string of the molecule is CCC(C)NC(=O)CCNC(=O)c1cccc(S(=O)(=O)N(C)c2cccc(Cl)c2)c1. The van der Waals surface area contributed by atoms with Gasteiger partial charge in [-0.1, -0.05) is 30.7 Å². The van der Waals surface area contributed by atoms with E-state index >= 15 is 0 Å². The molecule has 0 saturated carbocycles. The standard InChI is InChI=1S/C21H26ClN3O4S/c1-4-15(2)24-20(26)11-12-23-21(27)16-7-5-10-19(13-16)30(28,29)25(3)18-9-6-8-17(22)14-18/h5-10,13-15H,4,11-12H2,1-3H3,(H,23,27)(H,24,26). The van der Waals surface area contributed by atoms with Gasteiger partial charge in [-0.25, -0.2) is 8.42 Å². The molecular formula is C21H26ClN3O4S. The molecule has 2 rings (SSSR count). The number of hydrogen-bond acceptors (Lipinski definition) is 4. The summed E-state index contributed by atoms with van der Waals surface area (Å²) in [4.78, 5) is 24.2. The fourth-order valence-corrected chi connectivity index (χ4v) is 4.03. The summed E-state index contributed by atoms with van der Waals surface area (Å²) in [5.74, 6) is -0.599. The van der Waals surface area contributed by atoms with Gasteiger partial charge < -0.3 is 10.6 Å². The van der Waals surface area contributed by atoms with E-state index in [1.54, 1.807) is 24.3 Å². The van der Waals surface area contributed by atoms with E-state index in [4.69, 9.17) is 11.6 Å². The van der Waals surface area contributed by atoms with Crippen molar-refractivity contribution in [1.82, 2.24) is 10.6 Å². The average Bonchev–Trinajstić information content (AvgIpc) is 2.73. The molecule has 7 nitrogen and oxygen atoms in total. The summed E-state index contributed by atoms with van der Waals surface area (Å²) in [6, 6.07) is 12.3. The van der Waals surface area contributed by atoms with Crippen LogP contribution in [0, 0.1) is 0 Å². The maximum Gasteiger partial charge on any atom is 0.264 e. The molecule has 0 bridgehead atoms. The van der Waals surface area contributed by atoms with E-state index in [1.165, 1.54) is 31.3 Å². The number of carbonyl (C=O) groups is 2. The maximum absolute atomic E-state index is 13.0. The van der Waals surface area contributed by atoms with Crippen molar-refractivity contribution >= 4 is 39.1 Å². The largest absolute Gasteiger partial charge is 0.354 e. The Labute approximate surface area is 182 Å². The fourth-order valence-electron chi connectivity index (χ4n) is 2.61. The predicted octanol–water partition coefficient (Wildman–Crippen LogP) is 3.20. The fraction of sp³-hybridized carbons (Fsp3) is 0.333. The van der Waals surface area contributed by atoms with Crippen LogP contribution < -0.4 is 14.9 Å². The molecule has 0 aliphatic carbocycles. The summed E-state index contributed by atoms with van der Waals surface area (Å²) in [6.45, 7) is 4.03. The van der Waals surface area contributed by atoms with E-state index in [0.29, 0.717) is 10.7 Å². The zero-order chi connectivity index (χ0) is 22.3. The van der Waals surface area contributed by atoms with Crippen LogP contribution >= 0.6 is 11.6 Å². The van der Waals surface area contributed by atoms with Gasteiger partial charge in [0.15, 0.2) is 0 Å². The Kier molecular flexibility index (Phi) is 8.25. The number of rotatable bonds is 9. The molecule has 2 aromatic carbocycles. The molecule has 1 unspecified atom stereocenters. The van der Waals surface area contributed by atoms with Crippen LogP contribution in [0.4, 0.5) is 5.69 Å². The third-order valence-corrected chi connectivity index (χ3v) is 6.60. The van der Waals surface area contributed by atoms with Crippen molar-refractivity contribution in [3.05, 3.63) is 59.1 Å². The summed E-state index contributed by atoms with van der Waals surface area (Å²) < 4.78 is 27.0. The third-order valence-electron chi connectivity index (χ3n) is 4.58. The molecule has 162 valence electrons. The first-order valence-electron chi connectivity index (χ1n) is 9.57. The predicted molar refractivity (Wildman–Crippen MR) is 118 cm³/mol. The first-order chi connectivity index (χ1) is 14.1. The third kappa shape index (κ3) is 6.21. The van der Waals surface area contributed by atoms with Gasteiger partial charge >= 0.3 is 0 Å². The van der Waals surface area contributed by atoms with E-state index in [0.717, 1.165) is 10.7 Å². The number of nitrogens with zero attached hydrogens (tertiary/aromatic N) is 1. The molecule has 0 heterocycles. The summed E-state index contributed by atoms with van der Waals surface area (Å²) in [7, 11) is -2.46. The van der Waals surface area contributed by atoms with Gasteiger partial charge in [-0.3, -0.25) is 13.9 Å². The van der Waals surface area contributed by atoms with Crippen LogP contribution in [0.2, 0.25) is 5.02 Å². The number of sulfonamides is 1. The number of carbonyl (C=O) groups excluding carboxylic acids is 2.